The fourth-order valence-electron chi connectivity index (χ4n) is 1.62. The summed E-state index contributed by atoms with van der Waals surface area (Å²) in [5.41, 5.74) is 7.73. The molecule has 0 aromatic heterocycles. The Hall–Kier alpha value is -2.20. The third-order valence-electron chi connectivity index (χ3n) is 2.71. The number of nitrogens with one attached hydrogen (secondary N) is 1. The van der Waals surface area contributed by atoms with Crippen molar-refractivity contribution < 1.29 is 9.90 Å². The highest BCUT2D eigenvalue weighted by atomic mass is 35.5. The molecule has 0 aliphatic rings. The van der Waals surface area contributed by atoms with Crippen LogP contribution in [0.25, 0.3) is 0 Å². The predicted octanol–water partition coefficient (Wildman–Crippen LogP) is 3.19. The normalized spacial score (nSPS) is 10.2. The number of phenolic OH excluding ortho intramolecular Hbond substituents is 1. The zero-order valence-corrected chi connectivity index (χ0v) is 11.0. The van der Waals surface area contributed by atoms with Crippen LogP contribution >= 0.6 is 11.6 Å². The molecule has 2 aromatic rings. The van der Waals surface area contributed by atoms with Crippen LogP contribution in [0.1, 0.15) is 15.9 Å². The number of nitrogens with two attached hydrogens (primary N) is 1. The molecule has 19 heavy (non-hydrogen) atoms. The molecule has 0 aliphatic heterocycles. The zero-order valence-electron chi connectivity index (χ0n) is 10.3. The van der Waals surface area contributed by atoms with Crippen molar-refractivity contribution in [3.05, 3.63) is 52.5 Å². The predicted molar refractivity (Wildman–Crippen MR) is 76.7 cm³/mol. The number of carbonyl (C=O) groups excluding carboxylic acids is 1. The molecule has 0 atom stereocenters. The molecule has 4 N–H and O–H groups in total. The lowest BCUT2D eigenvalue weighted by molar-refractivity contribution is 0.102. The Morgan fingerprint density at radius 1 is 1.26 bits per heavy atom. The van der Waals surface area contributed by atoms with Gasteiger partial charge >= 0.3 is 0 Å². The van der Waals surface area contributed by atoms with Crippen LogP contribution in [0.4, 0.5) is 11.4 Å². The molecule has 0 unspecified atom stereocenters. The molecule has 0 aliphatic carbocycles. The number of carbonyl (C=O) groups is 1. The summed E-state index contributed by atoms with van der Waals surface area (Å²) in [4.78, 5) is 12.0. The zero-order chi connectivity index (χ0) is 14.0. The van der Waals surface area contributed by atoms with E-state index in [1.165, 1.54) is 12.1 Å². The Morgan fingerprint density at radius 3 is 2.63 bits per heavy atom. The van der Waals surface area contributed by atoms with E-state index in [1.807, 2.05) is 0 Å². The summed E-state index contributed by atoms with van der Waals surface area (Å²) in [6.07, 6.45) is 0. The Kier molecular flexibility index (Phi) is 3.62. The fraction of sp³-hybridized carbons (Fsp3) is 0.0714. The number of halogens is 1. The Bertz CT molecular complexity index is 641. The first-order valence-corrected chi connectivity index (χ1v) is 6.01. The van der Waals surface area contributed by atoms with Crippen LogP contribution in [-0.2, 0) is 0 Å². The van der Waals surface area contributed by atoms with E-state index >= 15 is 0 Å². The number of aromatic hydroxyl groups is 1. The molecule has 98 valence electrons. The van der Waals surface area contributed by atoms with Crippen molar-refractivity contribution in [2.24, 2.45) is 0 Å². The molecular weight excluding hydrogens is 264 g/mol. The summed E-state index contributed by atoms with van der Waals surface area (Å²) < 4.78 is 0. The number of hydrogen-bond acceptors (Lipinski definition) is 3. The minimum atomic E-state index is -0.284. The van der Waals surface area contributed by atoms with Gasteiger partial charge in [-0.25, -0.2) is 0 Å². The second-order valence-electron chi connectivity index (χ2n) is 4.19. The van der Waals surface area contributed by atoms with Crippen LogP contribution in [0.15, 0.2) is 36.4 Å². The molecule has 0 radical (unpaired) electrons. The van der Waals surface area contributed by atoms with E-state index in [9.17, 15) is 9.90 Å². The van der Waals surface area contributed by atoms with E-state index in [2.05, 4.69) is 5.32 Å². The van der Waals surface area contributed by atoms with Crippen molar-refractivity contribution in [1.29, 1.82) is 0 Å². The summed E-state index contributed by atoms with van der Waals surface area (Å²) in [5, 5.41) is 12.6. The van der Waals surface area contributed by atoms with Gasteiger partial charge in [0, 0.05) is 11.3 Å². The number of hydrogen-bond donors (Lipinski definition) is 3. The van der Waals surface area contributed by atoms with E-state index in [0.717, 1.165) is 0 Å². The molecule has 4 nitrogen and oxygen atoms in total. The maximum absolute atomic E-state index is 12.0. The summed E-state index contributed by atoms with van der Waals surface area (Å²) in [5.74, 6) is -0.0952. The van der Waals surface area contributed by atoms with Gasteiger partial charge in [0.25, 0.3) is 5.91 Å². The van der Waals surface area contributed by atoms with E-state index in [1.54, 1.807) is 31.2 Å². The van der Waals surface area contributed by atoms with Crippen molar-refractivity contribution >= 4 is 28.9 Å². The fourth-order valence-corrected chi connectivity index (χ4v) is 1.74. The maximum atomic E-state index is 12.0. The number of anilines is 2. The molecule has 2 aromatic carbocycles. The smallest absolute Gasteiger partial charge is 0.255 e. The number of rotatable bonds is 2. The van der Waals surface area contributed by atoms with E-state index in [0.29, 0.717) is 27.5 Å². The molecule has 2 rings (SSSR count). The lowest BCUT2D eigenvalue weighted by Gasteiger charge is -2.08. The summed E-state index contributed by atoms with van der Waals surface area (Å²) in [6.45, 7) is 1.76. The Balaban J connectivity index is 2.20. The van der Waals surface area contributed by atoms with Crippen LogP contribution in [0.5, 0.6) is 5.75 Å². The van der Waals surface area contributed by atoms with Crippen molar-refractivity contribution in [2.75, 3.05) is 11.1 Å². The first-order chi connectivity index (χ1) is 8.97. The molecule has 0 saturated carbocycles. The van der Waals surface area contributed by atoms with Crippen molar-refractivity contribution in [1.82, 2.24) is 0 Å². The van der Waals surface area contributed by atoms with Gasteiger partial charge in [-0.05, 0) is 48.9 Å². The van der Waals surface area contributed by atoms with Gasteiger partial charge in [-0.1, -0.05) is 11.6 Å². The van der Waals surface area contributed by atoms with E-state index in [-0.39, 0.29) is 11.7 Å². The maximum Gasteiger partial charge on any atom is 0.255 e. The van der Waals surface area contributed by atoms with Gasteiger partial charge in [0.15, 0.2) is 0 Å². The van der Waals surface area contributed by atoms with Gasteiger partial charge in [0.1, 0.15) is 5.75 Å². The number of phenols is 1. The molecular formula is C14H13ClN2O2. The van der Waals surface area contributed by atoms with Crippen LogP contribution in [0.2, 0.25) is 5.02 Å². The first kappa shape index (κ1) is 13.2. The highest BCUT2D eigenvalue weighted by Gasteiger charge is 2.08. The Labute approximate surface area is 115 Å². The number of benzene rings is 2. The van der Waals surface area contributed by atoms with Crippen molar-refractivity contribution in [2.45, 2.75) is 6.92 Å². The number of aryl methyl sites for hydroxylation is 1. The molecule has 0 saturated heterocycles. The third kappa shape index (κ3) is 2.98. The summed E-state index contributed by atoms with van der Waals surface area (Å²) >= 11 is 5.80. The third-order valence-corrected chi connectivity index (χ3v) is 3.06. The topological polar surface area (TPSA) is 75.4 Å². The lowest BCUT2D eigenvalue weighted by atomic mass is 10.1. The summed E-state index contributed by atoms with van der Waals surface area (Å²) in [7, 11) is 0. The molecule has 0 spiro atoms. The standard InChI is InChI=1S/C14H13ClN2O2/c1-8-6-10(3-5-13(8)18)17-14(19)9-2-4-11(15)12(16)7-9/h2-7,18H,16H2,1H3,(H,17,19). The number of amides is 1. The van der Waals surface area contributed by atoms with Crippen LogP contribution in [0.3, 0.4) is 0 Å². The Morgan fingerprint density at radius 2 is 2.00 bits per heavy atom. The van der Waals surface area contributed by atoms with Gasteiger partial charge in [0.2, 0.25) is 0 Å². The second-order valence-corrected chi connectivity index (χ2v) is 4.60. The highest BCUT2D eigenvalue weighted by Crippen LogP contribution is 2.22. The monoisotopic (exact) mass is 276 g/mol. The summed E-state index contributed by atoms with van der Waals surface area (Å²) in [6, 6.07) is 9.54. The van der Waals surface area contributed by atoms with E-state index in [4.69, 9.17) is 17.3 Å². The average Bonchev–Trinajstić information content (AvgIpc) is 2.37. The first-order valence-electron chi connectivity index (χ1n) is 5.63. The molecule has 0 heterocycles. The molecule has 1 amide bonds. The van der Waals surface area contributed by atoms with Crippen molar-refractivity contribution in [3.8, 4) is 5.75 Å². The van der Waals surface area contributed by atoms with Gasteiger partial charge in [-0.2, -0.15) is 0 Å². The van der Waals surface area contributed by atoms with Crippen LogP contribution in [0, 0.1) is 6.92 Å². The van der Waals surface area contributed by atoms with Gasteiger partial charge in [0.05, 0.1) is 10.7 Å². The SMILES string of the molecule is Cc1cc(NC(=O)c2ccc(Cl)c(N)c2)ccc1O. The van der Waals surface area contributed by atoms with Gasteiger partial charge in [-0.3, -0.25) is 4.79 Å². The minimum absolute atomic E-state index is 0.189. The second kappa shape index (κ2) is 5.20. The van der Waals surface area contributed by atoms with Gasteiger partial charge in [-0.15, -0.1) is 0 Å². The van der Waals surface area contributed by atoms with E-state index < -0.39 is 0 Å². The van der Waals surface area contributed by atoms with Gasteiger partial charge < -0.3 is 16.2 Å². The largest absolute Gasteiger partial charge is 0.508 e. The molecule has 5 heteroatoms. The van der Waals surface area contributed by atoms with Crippen LogP contribution < -0.4 is 11.1 Å². The van der Waals surface area contributed by atoms with Crippen molar-refractivity contribution in [3.63, 3.8) is 0 Å². The molecule has 0 fully saturated rings. The number of nitrogen functional groups attached to an aromatic ring is 1. The molecule has 0 bridgehead atoms. The van der Waals surface area contributed by atoms with Crippen LogP contribution in [-0.4, -0.2) is 11.0 Å². The lowest BCUT2D eigenvalue weighted by Crippen LogP contribution is -2.12. The quantitative estimate of drug-likeness (QED) is 0.582. The highest BCUT2D eigenvalue weighted by molar-refractivity contribution is 6.33. The minimum Gasteiger partial charge on any atom is -0.508 e. The average molecular weight is 277 g/mol.